The van der Waals surface area contributed by atoms with Crippen LogP contribution in [0.25, 0.3) is 6.08 Å². The lowest BCUT2D eigenvalue weighted by atomic mass is 9.77. The molecule has 2 aliphatic heterocycles. The number of hydrogen-bond acceptors (Lipinski definition) is 4. The lowest BCUT2D eigenvalue weighted by Gasteiger charge is -2.39. The highest BCUT2D eigenvalue weighted by Gasteiger charge is 2.59. The Labute approximate surface area is 182 Å². The van der Waals surface area contributed by atoms with Crippen molar-refractivity contribution >= 4 is 28.0 Å². The van der Waals surface area contributed by atoms with Crippen LogP contribution >= 0.6 is 0 Å². The number of rotatable bonds is 6. The van der Waals surface area contributed by atoms with Gasteiger partial charge < -0.3 is 14.4 Å². The van der Waals surface area contributed by atoms with Crippen LogP contribution in [0, 0.1) is 6.92 Å². The van der Waals surface area contributed by atoms with E-state index in [0.717, 1.165) is 17.7 Å². The number of benzene rings is 2. The Morgan fingerprint density at radius 3 is 2.73 bits per heavy atom. The second-order valence-corrected chi connectivity index (χ2v) is 9.08. The van der Waals surface area contributed by atoms with Gasteiger partial charge in [0.05, 0.1) is 6.61 Å². The molecule has 1 fully saturated rings. The van der Waals surface area contributed by atoms with E-state index in [2.05, 4.69) is 90.5 Å². The van der Waals surface area contributed by atoms with Gasteiger partial charge >= 0.3 is 5.97 Å². The molecule has 0 N–H and O–H groups in total. The average molecular weight is 419 g/mol. The van der Waals surface area contributed by atoms with Crippen LogP contribution in [-0.2, 0) is 26.3 Å². The minimum Gasteiger partial charge on any atom is -0.461 e. The molecule has 3 radical (unpaired) electrons. The molecule has 0 aromatic heterocycles. The van der Waals surface area contributed by atoms with Gasteiger partial charge in [0.25, 0.3) is 0 Å². The maximum absolute atomic E-state index is 11.7. The minimum atomic E-state index is -0.523. The molecule has 1 atom stereocenters. The van der Waals surface area contributed by atoms with Crippen LogP contribution < -0.4 is 4.90 Å². The van der Waals surface area contributed by atoms with E-state index in [0.29, 0.717) is 25.7 Å². The summed E-state index contributed by atoms with van der Waals surface area (Å²) in [5.41, 5.74) is 5.09. The second-order valence-electron chi connectivity index (χ2n) is 8.58. The van der Waals surface area contributed by atoms with Crippen molar-refractivity contribution in [1.29, 1.82) is 0 Å². The third kappa shape index (κ3) is 3.50. The number of aryl methyl sites for hydroxylation is 1. The maximum Gasteiger partial charge on any atom is 0.305 e. The summed E-state index contributed by atoms with van der Waals surface area (Å²) in [7, 11) is 3.32. The van der Waals surface area contributed by atoms with Gasteiger partial charge in [0.2, 0.25) is 0 Å². The average Bonchev–Trinajstić information content (AvgIpc) is 3.23. The van der Waals surface area contributed by atoms with Gasteiger partial charge in [-0.25, -0.2) is 0 Å². The quantitative estimate of drug-likeness (QED) is 0.509. The summed E-state index contributed by atoms with van der Waals surface area (Å²) in [4.78, 5) is 14.1. The summed E-state index contributed by atoms with van der Waals surface area (Å²) in [6.07, 6.45) is 4.75. The number of anilines is 1. The van der Waals surface area contributed by atoms with Gasteiger partial charge in [-0.05, 0) is 35.8 Å². The SMILES string of the molecule is Cc1ccc(/C=C/C23OCCN2c2cc(COC(=O)CC[Si])ccc2C3(C)C)cc1. The van der Waals surface area contributed by atoms with E-state index in [9.17, 15) is 4.79 Å². The van der Waals surface area contributed by atoms with E-state index in [1.807, 2.05) is 0 Å². The second kappa shape index (κ2) is 8.04. The van der Waals surface area contributed by atoms with Crippen LogP contribution in [-0.4, -0.2) is 35.1 Å². The first-order chi connectivity index (χ1) is 14.4. The molecule has 4 rings (SSSR count). The highest BCUT2D eigenvalue weighted by molar-refractivity contribution is 6.09. The number of hydrogen-bond donors (Lipinski definition) is 0. The van der Waals surface area contributed by atoms with E-state index in [-0.39, 0.29) is 11.4 Å². The molecule has 5 heteroatoms. The molecule has 2 aliphatic rings. The molecule has 1 saturated heterocycles. The molecule has 4 nitrogen and oxygen atoms in total. The van der Waals surface area contributed by atoms with Crippen molar-refractivity contribution in [2.24, 2.45) is 0 Å². The van der Waals surface area contributed by atoms with E-state index in [1.54, 1.807) is 0 Å². The van der Waals surface area contributed by atoms with Crippen molar-refractivity contribution in [3.8, 4) is 0 Å². The summed E-state index contributed by atoms with van der Waals surface area (Å²) in [5, 5.41) is 0. The Morgan fingerprint density at radius 1 is 1.23 bits per heavy atom. The number of carbonyl (C=O) groups is 1. The smallest absolute Gasteiger partial charge is 0.305 e. The van der Waals surface area contributed by atoms with Gasteiger partial charge in [0.15, 0.2) is 5.72 Å². The van der Waals surface area contributed by atoms with Gasteiger partial charge in [-0.2, -0.15) is 0 Å². The Bertz CT molecular complexity index is 967. The van der Waals surface area contributed by atoms with Crippen LogP contribution in [0.15, 0.2) is 48.5 Å². The summed E-state index contributed by atoms with van der Waals surface area (Å²) in [6.45, 7) is 8.39. The predicted octanol–water partition coefficient (Wildman–Crippen LogP) is 4.55. The molecule has 0 aliphatic carbocycles. The summed E-state index contributed by atoms with van der Waals surface area (Å²) in [5.74, 6) is -0.189. The van der Waals surface area contributed by atoms with Crippen molar-refractivity contribution in [3.63, 3.8) is 0 Å². The van der Waals surface area contributed by atoms with Gasteiger partial charge in [-0.1, -0.05) is 67.9 Å². The first kappa shape index (κ1) is 20.9. The Kier molecular flexibility index (Phi) is 5.60. The van der Waals surface area contributed by atoms with E-state index >= 15 is 0 Å². The van der Waals surface area contributed by atoms with E-state index in [1.165, 1.54) is 16.8 Å². The van der Waals surface area contributed by atoms with E-state index < -0.39 is 5.72 Å². The molecule has 0 spiro atoms. The largest absolute Gasteiger partial charge is 0.461 e. The molecule has 30 heavy (non-hydrogen) atoms. The number of ether oxygens (including phenoxy) is 2. The van der Waals surface area contributed by atoms with Gasteiger partial charge in [-0.3, -0.25) is 4.79 Å². The molecular formula is C25H28NO3Si. The molecule has 0 saturated carbocycles. The zero-order valence-corrected chi connectivity index (χ0v) is 18.9. The van der Waals surface area contributed by atoms with Crippen molar-refractivity contribution in [3.05, 3.63) is 70.8 Å². The zero-order chi connectivity index (χ0) is 21.4. The lowest BCUT2D eigenvalue weighted by Crippen LogP contribution is -2.51. The molecule has 2 aromatic rings. The van der Waals surface area contributed by atoms with Crippen LogP contribution in [0.5, 0.6) is 0 Å². The van der Waals surface area contributed by atoms with Crippen molar-refractivity contribution < 1.29 is 14.3 Å². The first-order valence-electron chi connectivity index (χ1n) is 10.5. The Hall–Kier alpha value is -2.37. The number of fused-ring (bicyclic) bond motifs is 3. The fraction of sp³-hybridized carbons (Fsp3) is 0.400. The minimum absolute atomic E-state index is 0.189. The fourth-order valence-corrected chi connectivity index (χ4v) is 4.74. The van der Waals surface area contributed by atoms with Crippen LogP contribution in [0.4, 0.5) is 5.69 Å². The number of nitrogens with zero attached hydrogens (tertiary/aromatic N) is 1. The molecule has 0 amide bonds. The molecule has 0 bridgehead atoms. The highest BCUT2D eigenvalue weighted by atomic mass is 28.1. The monoisotopic (exact) mass is 418 g/mol. The van der Waals surface area contributed by atoms with Crippen molar-refractivity contribution in [2.75, 3.05) is 18.1 Å². The zero-order valence-electron chi connectivity index (χ0n) is 17.9. The highest BCUT2D eigenvalue weighted by Crippen LogP contribution is 2.55. The van der Waals surface area contributed by atoms with Gasteiger partial charge in [0, 0.05) is 34.3 Å². The number of esters is 1. The van der Waals surface area contributed by atoms with Crippen molar-refractivity contribution in [2.45, 2.75) is 51.0 Å². The van der Waals surface area contributed by atoms with Crippen LogP contribution in [0.2, 0.25) is 6.04 Å². The third-order valence-corrected chi connectivity index (χ3v) is 6.52. The normalized spacial score (nSPS) is 21.7. The molecule has 2 heterocycles. The topological polar surface area (TPSA) is 38.8 Å². The summed E-state index contributed by atoms with van der Waals surface area (Å²) in [6, 6.07) is 15.5. The molecule has 155 valence electrons. The first-order valence-corrected chi connectivity index (χ1v) is 11.2. The Balaban J connectivity index is 1.64. The fourth-order valence-electron chi connectivity index (χ4n) is 4.54. The van der Waals surface area contributed by atoms with Gasteiger partial charge in [-0.15, -0.1) is 0 Å². The maximum atomic E-state index is 11.7. The number of carbonyl (C=O) groups excluding carboxylic acids is 1. The predicted molar refractivity (Wildman–Crippen MR) is 121 cm³/mol. The van der Waals surface area contributed by atoms with Gasteiger partial charge in [0.1, 0.15) is 6.61 Å². The summed E-state index contributed by atoms with van der Waals surface area (Å²) < 4.78 is 11.8. The third-order valence-electron chi connectivity index (χ3n) is 6.27. The van der Waals surface area contributed by atoms with Crippen molar-refractivity contribution in [1.82, 2.24) is 0 Å². The standard InChI is InChI=1S/C25H28NO3Si/c1-18-4-6-19(7-5-18)10-12-25-24(2,3)21-9-8-20(17-28-23(27)11-15-30)16-22(21)26(25)13-14-29-25/h4-10,12,16H,11,13-15,17H2,1-3H3/b12-10+. The lowest BCUT2D eigenvalue weighted by molar-refractivity contribution is -0.144. The molecular weight excluding hydrogens is 390 g/mol. The Morgan fingerprint density at radius 2 is 2.00 bits per heavy atom. The van der Waals surface area contributed by atoms with Crippen LogP contribution in [0.1, 0.15) is 42.5 Å². The van der Waals surface area contributed by atoms with Crippen LogP contribution in [0.3, 0.4) is 0 Å². The molecule has 2 aromatic carbocycles. The summed E-state index contributed by atoms with van der Waals surface area (Å²) >= 11 is 0. The van der Waals surface area contributed by atoms with E-state index in [4.69, 9.17) is 9.47 Å². The molecule has 1 unspecified atom stereocenters.